The van der Waals surface area contributed by atoms with Crippen molar-refractivity contribution >= 4 is 5.57 Å². The maximum Gasteiger partial charge on any atom is 0.123 e. The van der Waals surface area contributed by atoms with Gasteiger partial charge in [-0.3, -0.25) is 0 Å². The van der Waals surface area contributed by atoms with Gasteiger partial charge in [0.1, 0.15) is 6.17 Å². The summed E-state index contributed by atoms with van der Waals surface area (Å²) in [4.78, 5) is 0. The fourth-order valence-corrected chi connectivity index (χ4v) is 2.85. The molecule has 0 radical (unpaired) electrons. The molecular weight excluding hydrogens is 277 g/mol. The van der Waals surface area contributed by atoms with Crippen LogP contribution in [0.2, 0.25) is 0 Å². The van der Waals surface area contributed by atoms with Crippen molar-refractivity contribution in [1.82, 2.24) is 5.32 Å². The number of halogens is 1. The molecular formula is C18H22FN3. The lowest BCUT2D eigenvalue weighted by molar-refractivity contribution is 0.373. The Labute approximate surface area is 131 Å². The summed E-state index contributed by atoms with van der Waals surface area (Å²) in [5.74, 6) is 0.714. The van der Waals surface area contributed by atoms with Crippen molar-refractivity contribution in [1.29, 1.82) is 5.26 Å². The molecule has 2 rings (SSSR count). The second-order valence-corrected chi connectivity index (χ2v) is 5.70. The van der Waals surface area contributed by atoms with Crippen LogP contribution in [0.15, 0.2) is 35.2 Å². The summed E-state index contributed by atoms with van der Waals surface area (Å²) in [5.41, 5.74) is 11.1. The summed E-state index contributed by atoms with van der Waals surface area (Å²) in [5, 5.41) is 12.2. The topological polar surface area (TPSA) is 61.8 Å². The second kappa shape index (κ2) is 6.65. The molecule has 0 fully saturated rings. The monoisotopic (exact) mass is 299 g/mol. The first kappa shape index (κ1) is 16.1. The van der Waals surface area contributed by atoms with Crippen molar-refractivity contribution in [3.8, 4) is 6.07 Å². The van der Waals surface area contributed by atoms with Gasteiger partial charge >= 0.3 is 0 Å². The van der Waals surface area contributed by atoms with E-state index < -0.39 is 6.17 Å². The van der Waals surface area contributed by atoms with Gasteiger partial charge in [0.05, 0.1) is 17.5 Å². The van der Waals surface area contributed by atoms with Crippen LogP contribution in [-0.2, 0) is 0 Å². The molecule has 3 nitrogen and oxygen atoms in total. The predicted octanol–water partition coefficient (Wildman–Crippen LogP) is 3.94. The second-order valence-electron chi connectivity index (χ2n) is 5.70. The number of nitrogens with two attached hydrogens (primary N) is 1. The molecule has 1 aliphatic heterocycles. The van der Waals surface area contributed by atoms with E-state index in [-0.39, 0.29) is 0 Å². The van der Waals surface area contributed by atoms with E-state index in [0.717, 1.165) is 41.7 Å². The Morgan fingerprint density at radius 2 is 2.09 bits per heavy atom. The van der Waals surface area contributed by atoms with Gasteiger partial charge in [0.25, 0.3) is 0 Å². The maximum atomic E-state index is 14.0. The van der Waals surface area contributed by atoms with E-state index in [1.807, 2.05) is 19.9 Å². The molecule has 0 bridgehead atoms. The van der Waals surface area contributed by atoms with Crippen LogP contribution in [0.3, 0.4) is 0 Å². The van der Waals surface area contributed by atoms with Crippen LogP contribution in [0.4, 0.5) is 4.39 Å². The Morgan fingerprint density at radius 3 is 2.68 bits per heavy atom. The first-order valence-electron chi connectivity index (χ1n) is 7.54. The molecule has 0 saturated heterocycles. The summed E-state index contributed by atoms with van der Waals surface area (Å²) in [7, 11) is 0. The number of benzene rings is 1. The van der Waals surface area contributed by atoms with E-state index in [2.05, 4.69) is 11.4 Å². The molecule has 116 valence electrons. The summed E-state index contributed by atoms with van der Waals surface area (Å²) in [6.07, 6.45) is 0.848. The lowest BCUT2D eigenvalue weighted by atomic mass is 9.89. The number of hydrogen-bond donors (Lipinski definition) is 2. The highest BCUT2D eigenvalue weighted by Crippen LogP contribution is 2.33. The highest BCUT2D eigenvalue weighted by Gasteiger charge is 2.17. The van der Waals surface area contributed by atoms with E-state index in [4.69, 9.17) is 11.0 Å². The summed E-state index contributed by atoms with van der Waals surface area (Å²) < 4.78 is 14.0. The summed E-state index contributed by atoms with van der Waals surface area (Å²) >= 11 is 0. The highest BCUT2D eigenvalue weighted by atomic mass is 19.1. The lowest BCUT2D eigenvalue weighted by Crippen LogP contribution is -2.27. The van der Waals surface area contributed by atoms with Crippen LogP contribution in [0.25, 0.3) is 5.57 Å². The van der Waals surface area contributed by atoms with Crippen LogP contribution in [0, 0.1) is 11.3 Å². The third kappa shape index (κ3) is 3.14. The zero-order chi connectivity index (χ0) is 16.3. The summed E-state index contributed by atoms with van der Waals surface area (Å²) in [6.45, 7) is 6.40. The molecule has 3 N–H and O–H groups in total. The molecule has 1 heterocycles. The molecule has 1 atom stereocenters. The molecule has 1 aliphatic rings. The van der Waals surface area contributed by atoms with Gasteiger partial charge in [-0.2, -0.15) is 5.26 Å². The molecule has 22 heavy (non-hydrogen) atoms. The van der Waals surface area contributed by atoms with Gasteiger partial charge in [-0.1, -0.05) is 6.07 Å². The van der Waals surface area contributed by atoms with Gasteiger partial charge in [0.2, 0.25) is 0 Å². The molecule has 0 amide bonds. The average Bonchev–Trinajstić information content (AvgIpc) is 2.53. The van der Waals surface area contributed by atoms with Crippen molar-refractivity contribution < 1.29 is 4.39 Å². The fourth-order valence-electron chi connectivity index (χ4n) is 2.85. The maximum absolute atomic E-state index is 14.0. The molecule has 0 spiro atoms. The zero-order valence-corrected chi connectivity index (χ0v) is 13.3. The zero-order valence-electron chi connectivity index (χ0n) is 13.3. The number of alkyl halides is 1. The average molecular weight is 299 g/mol. The standard InChI is InChI=1S/C18H22FN3/c1-11(12(2)16-5-4-8-22-18(16)21)15-7-6-14(10-20)9-17(15)13(3)19/h6-7,9,13,22H,4-5,8,21H2,1-3H3/b12-11+. The number of nitrogens with one attached hydrogen (secondary N) is 1. The van der Waals surface area contributed by atoms with Crippen molar-refractivity contribution in [2.24, 2.45) is 5.73 Å². The Balaban J connectivity index is 2.55. The van der Waals surface area contributed by atoms with Gasteiger partial charge in [-0.25, -0.2) is 4.39 Å². The number of hydrogen-bond acceptors (Lipinski definition) is 3. The summed E-state index contributed by atoms with van der Waals surface area (Å²) in [6, 6.07) is 7.26. The van der Waals surface area contributed by atoms with Gasteiger partial charge in [-0.15, -0.1) is 0 Å². The van der Waals surface area contributed by atoms with Crippen LogP contribution >= 0.6 is 0 Å². The van der Waals surface area contributed by atoms with Crippen molar-refractivity contribution in [2.45, 2.75) is 39.8 Å². The largest absolute Gasteiger partial charge is 0.385 e. The molecule has 1 unspecified atom stereocenters. The fraction of sp³-hybridized carbons (Fsp3) is 0.389. The third-order valence-corrected chi connectivity index (χ3v) is 4.27. The molecule has 0 saturated carbocycles. The number of allylic oxidation sites excluding steroid dienone is 3. The number of nitriles is 1. The minimum Gasteiger partial charge on any atom is -0.385 e. The first-order chi connectivity index (χ1) is 10.5. The van der Waals surface area contributed by atoms with Crippen LogP contribution < -0.4 is 11.1 Å². The van der Waals surface area contributed by atoms with Crippen LogP contribution in [0.1, 0.15) is 56.5 Å². The smallest absolute Gasteiger partial charge is 0.123 e. The van der Waals surface area contributed by atoms with Gasteiger partial charge < -0.3 is 11.1 Å². The Morgan fingerprint density at radius 1 is 1.36 bits per heavy atom. The normalized spacial score (nSPS) is 17.4. The van der Waals surface area contributed by atoms with Crippen LogP contribution in [0.5, 0.6) is 0 Å². The Hall–Kier alpha value is -2.28. The Kier molecular flexibility index (Phi) is 4.87. The SMILES string of the molecule is C/C(C1=C(N)NCCC1)=C(/C)c1ccc(C#N)cc1C(C)F. The van der Waals surface area contributed by atoms with E-state index in [1.54, 1.807) is 12.1 Å². The highest BCUT2D eigenvalue weighted by molar-refractivity contribution is 5.73. The van der Waals surface area contributed by atoms with Gasteiger partial charge in [0.15, 0.2) is 0 Å². The van der Waals surface area contributed by atoms with E-state index in [1.165, 1.54) is 6.92 Å². The molecule has 0 aliphatic carbocycles. The number of nitrogens with zero attached hydrogens (tertiary/aromatic N) is 1. The van der Waals surface area contributed by atoms with Crippen molar-refractivity contribution in [2.75, 3.05) is 6.54 Å². The molecule has 1 aromatic rings. The minimum atomic E-state index is -1.12. The first-order valence-corrected chi connectivity index (χ1v) is 7.54. The molecule has 4 heteroatoms. The third-order valence-electron chi connectivity index (χ3n) is 4.27. The Bertz CT molecular complexity index is 678. The molecule has 0 aromatic heterocycles. The predicted molar refractivity (Wildman–Crippen MR) is 87.4 cm³/mol. The lowest BCUT2D eigenvalue weighted by Gasteiger charge is -2.22. The quantitative estimate of drug-likeness (QED) is 0.888. The van der Waals surface area contributed by atoms with Crippen molar-refractivity contribution in [3.05, 3.63) is 51.9 Å². The van der Waals surface area contributed by atoms with E-state index in [9.17, 15) is 4.39 Å². The van der Waals surface area contributed by atoms with Crippen LogP contribution in [-0.4, -0.2) is 6.54 Å². The number of rotatable bonds is 3. The minimum absolute atomic E-state index is 0.478. The molecule has 1 aromatic carbocycles. The van der Waals surface area contributed by atoms with E-state index >= 15 is 0 Å². The van der Waals surface area contributed by atoms with E-state index in [0.29, 0.717) is 16.9 Å². The van der Waals surface area contributed by atoms with Gasteiger partial charge in [0, 0.05) is 6.54 Å². The van der Waals surface area contributed by atoms with Gasteiger partial charge in [-0.05, 0) is 73.6 Å². The van der Waals surface area contributed by atoms with Crippen molar-refractivity contribution in [3.63, 3.8) is 0 Å².